The summed E-state index contributed by atoms with van der Waals surface area (Å²) in [6, 6.07) is 11.0. The molecule has 32 heavy (non-hydrogen) atoms. The van der Waals surface area contributed by atoms with Crippen molar-refractivity contribution < 1.29 is 0 Å². The lowest BCUT2D eigenvalue weighted by Crippen LogP contribution is -2.43. The average Bonchev–Trinajstić information content (AvgIpc) is 3.36. The van der Waals surface area contributed by atoms with Crippen molar-refractivity contribution in [2.24, 2.45) is 12.0 Å². The Kier molecular flexibility index (Phi) is 11.6. The van der Waals surface area contributed by atoms with E-state index in [4.69, 9.17) is 4.99 Å². The predicted octanol–water partition coefficient (Wildman–Crippen LogP) is 3.98. The third-order valence-corrected chi connectivity index (χ3v) is 7.08. The second-order valence-corrected chi connectivity index (χ2v) is 9.73. The second kappa shape index (κ2) is 13.9. The first-order valence-corrected chi connectivity index (χ1v) is 12.4. The second-order valence-electron chi connectivity index (χ2n) is 8.16. The lowest BCUT2D eigenvalue weighted by molar-refractivity contribution is 0.607. The van der Waals surface area contributed by atoms with Gasteiger partial charge >= 0.3 is 0 Å². The first-order valence-electron chi connectivity index (χ1n) is 11.3. The van der Waals surface area contributed by atoms with Gasteiger partial charge in [-0.05, 0) is 50.5 Å². The van der Waals surface area contributed by atoms with Gasteiger partial charge < -0.3 is 20.1 Å². The van der Waals surface area contributed by atoms with Crippen LogP contribution in [0.5, 0.6) is 0 Å². The van der Waals surface area contributed by atoms with E-state index < -0.39 is 0 Å². The molecule has 7 nitrogen and oxygen atoms in total. The average molecular weight is 572 g/mol. The van der Waals surface area contributed by atoms with E-state index in [9.17, 15) is 0 Å². The molecule has 9 heteroatoms. The molecule has 0 amide bonds. The summed E-state index contributed by atoms with van der Waals surface area (Å²) in [4.78, 5) is 7.12. The van der Waals surface area contributed by atoms with Gasteiger partial charge in [-0.25, -0.2) is 4.99 Å². The molecule has 0 spiro atoms. The monoisotopic (exact) mass is 571 g/mol. The van der Waals surface area contributed by atoms with Gasteiger partial charge in [-0.1, -0.05) is 25.1 Å². The van der Waals surface area contributed by atoms with Crippen molar-refractivity contribution in [3.63, 3.8) is 0 Å². The van der Waals surface area contributed by atoms with Gasteiger partial charge in [0.1, 0.15) is 12.4 Å². The van der Waals surface area contributed by atoms with Crippen LogP contribution in [-0.4, -0.2) is 57.9 Å². The van der Waals surface area contributed by atoms with Crippen molar-refractivity contribution in [1.82, 2.24) is 25.4 Å². The molecule has 3 rings (SSSR count). The highest BCUT2D eigenvalue weighted by Crippen LogP contribution is 2.29. The molecule has 1 aromatic heterocycles. The fraction of sp³-hybridized carbons (Fsp3) is 0.609. The van der Waals surface area contributed by atoms with Crippen LogP contribution in [0.4, 0.5) is 5.69 Å². The maximum absolute atomic E-state index is 4.83. The number of nitrogens with zero attached hydrogens (tertiary/aromatic N) is 5. The zero-order valence-corrected chi connectivity index (χ0v) is 22.9. The van der Waals surface area contributed by atoms with Crippen LogP contribution in [0, 0.1) is 6.92 Å². The first kappa shape index (κ1) is 26.8. The predicted molar refractivity (Wildman–Crippen MR) is 147 cm³/mol. The molecule has 2 atom stereocenters. The first-order chi connectivity index (χ1) is 15.1. The van der Waals surface area contributed by atoms with E-state index in [0.29, 0.717) is 12.6 Å². The van der Waals surface area contributed by atoms with E-state index in [0.717, 1.165) is 42.4 Å². The van der Waals surface area contributed by atoms with Crippen molar-refractivity contribution in [1.29, 1.82) is 0 Å². The topological polar surface area (TPSA) is 70.4 Å². The number of aromatic nitrogens is 3. The van der Waals surface area contributed by atoms with Crippen LogP contribution in [0.2, 0.25) is 0 Å². The number of thioether (sulfide) groups is 1. The van der Waals surface area contributed by atoms with Gasteiger partial charge in [0.15, 0.2) is 11.8 Å². The Balaban J connectivity index is 0.00000363. The molecule has 0 radical (unpaired) electrons. The van der Waals surface area contributed by atoms with Gasteiger partial charge in [-0.3, -0.25) is 0 Å². The lowest BCUT2D eigenvalue weighted by atomic mass is 10.2. The Labute approximate surface area is 214 Å². The van der Waals surface area contributed by atoms with E-state index in [1.807, 2.05) is 18.5 Å². The van der Waals surface area contributed by atoms with E-state index in [-0.39, 0.29) is 24.0 Å². The number of rotatable bonds is 10. The van der Waals surface area contributed by atoms with E-state index >= 15 is 0 Å². The fourth-order valence-corrected chi connectivity index (χ4v) is 5.02. The number of halogens is 1. The van der Waals surface area contributed by atoms with E-state index in [1.165, 1.54) is 30.7 Å². The molecule has 0 bridgehead atoms. The number of hydrogen-bond acceptors (Lipinski definition) is 5. The van der Waals surface area contributed by atoms with Crippen LogP contribution < -0.4 is 15.5 Å². The summed E-state index contributed by atoms with van der Waals surface area (Å²) in [5, 5.41) is 16.4. The SMILES string of the molecule is CCSC1CCC(NC(=NCc2nnc(C)n2C)NCCCN(C)c2ccccc2)C1.I. The van der Waals surface area contributed by atoms with Crippen LogP contribution in [0.3, 0.4) is 0 Å². The fourth-order valence-electron chi connectivity index (χ4n) is 3.88. The van der Waals surface area contributed by atoms with Crippen LogP contribution in [0.25, 0.3) is 0 Å². The third-order valence-electron chi connectivity index (χ3n) is 5.85. The Hall–Kier alpha value is -1.49. The number of aliphatic imine (C=N–C) groups is 1. The number of guanidine groups is 1. The van der Waals surface area contributed by atoms with Gasteiger partial charge in [0, 0.05) is 44.2 Å². The summed E-state index contributed by atoms with van der Waals surface area (Å²) in [5.41, 5.74) is 1.25. The molecule has 2 aromatic rings. The quantitative estimate of drug-likeness (QED) is 0.195. The van der Waals surface area contributed by atoms with Gasteiger partial charge in [0.25, 0.3) is 0 Å². The summed E-state index contributed by atoms with van der Waals surface area (Å²) in [6.45, 7) is 6.60. The van der Waals surface area contributed by atoms with Crippen molar-refractivity contribution in [2.45, 2.75) is 57.4 Å². The summed E-state index contributed by atoms with van der Waals surface area (Å²) in [5.74, 6) is 3.87. The lowest BCUT2D eigenvalue weighted by Gasteiger charge is -2.21. The minimum Gasteiger partial charge on any atom is -0.375 e. The highest BCUT2D eigenvalue weighted by atomic mass is 127. The Bertz CT molecular complexity index is 827. The van der Waals surface area contributed by atoms with Crippen molar-refractivity contribution in [3.05, 3.63) is 42.0 Å². The zero-order chi connectivity index (χ0) is 22.1. The molecule has 178 valence electrons. The Morgan fingerprint density at radius 3 is 2.72 bits per heavy atom. The number of nitrogens with one attached hydrogen (secondary N) is 2. The van der Waals surface area contributed by atoms with Crippen molar-refractivity contribution >= 4 is 47.4 Å². The van der Waals surface area contributed by atoms with Gasteiger partial charge in [-0.2, -0.15) is 11.8 Å². The number of benzene rings is 1. The highest BCUT2D eigenvalue weighted by Gasteiger charge is 2.25. The summed E-state index contributed by atoms with van der Waals surface area (Å²) >= 11 is 2.08. The largest absolute Gasteiger partial charge is 0.375 e. The minimum atomic E-state index is 0. The van der Waals surface area contributed by atoms with E-state index in [2.05, 4.69) is 81.8 Å². The maximum atomic E-state index is 4.83. The molecule has 2 N–H and O–H groups in total. The molecular weight excluding hydrogens is 533 g/mol. The molecule has 1 heterocycles. The summed E-state index contributed by atoms with van der Waals surface area (Å²) in [6.07, 6.45) is 4.74. The van der Waals surface area contributed by atoms with Crippen molar-refractivity contribution in [2.75, 3.05) is 30.8 Å². The highest BCUT2D eigenvalue weighted by molar-refractivity contribution is 14.0. The van der Waals surface area contributed by atoms with E-state index in [1.54, 1.807) is 0 Å². The van der Waals surface area contributed by atoms with Crippen LogP contribution >= 0.6 is 35.7 Å². The smallest absolute Gasteiger partial charge is 0.191 e. The number of hydrogen-bond donors (Lipinski definition) is 2. The van der Waals surface area contributed by atoms with Gasteiger partial charge in [-0.15, -0.1) is 34.2 Å². The summed E-state index contributed by atoms with van der Waals surface area (Å²) < 4.78 is 2.00. The molecule has 1 saturated carbocycles. The standard InChI is InChI=1S/C23H37N7S.HI/c1-5-31-21-13-12-19(16-21)26-23(25-17-22-28-27-18(2)30(22)4)24-14-9-15-29(3)20-10-7-6-8-11-20;/h6-8,10-11,19,21H,5,9,12-17H2,1-4H3,(H2,24,25,26);1H. The third kappa shape index (κ3) is 8.13. The minimum absolute atomic E-state index is 0. The molecule has 1 aromatic carbocycles. The van der Waals surface area contributed by atoms with Gasteiger partial charge in [0.2, 0.25) is 0 Å². The zero-order valence-electron chi connectivity index (χ0n) is 19.8. The number of aryl methyl sites for hydroxylation is 1. The van der Waals surface area contributed by atoms with Gasteiger partial charge in [0.05, 0.1) is 0 Å². The molecule has 0 aliphatic heterocycles. The normalized spacial score (nSPS) is 18.3. The van der Waals surface area contributed by atoms with Crippen LogP contribution in [0.15, 0.2) is 35.3 Å². The number of para-hydroxylation sites is 1. The Morgan fingerprint density at radius 2 is 2.03 bits per heavy atom. The maximum Gasteiger partial charge on any atom is 0.191 e. The number of anilines is 1. The molecule has 2 unspecified atom stereocenters. The van der Waals surface area contributed by atoms with Crippen LogP contribution in [0.1, 0.15) is 44.3 Å². The van der Waals surface area contributed by atoms with Crippen molar-refractivity contribution in [3.8, 4) is 0 Å². The molecule has 0 saturated heterocycles. The molecular formula is C23H38IN7S. The Morgan fingerprint density at radius 1 is 1.25 bits per heavy atom. The molecule has 1 aliphatic carbocycles. The molecule has 1 fully saturated rings. The molecule has 1 aliphatic rings. The summed E-state index contributed by atoms with van der Waals surface area (Å²) in [7, 11) is 4.13. The van der Waals surface area contributed by atoms with Crippen LogP contribution in [-0.2, 0) is 13.6 Å².